The number of halogens is 1. The molecule has 0 spiro atoms. The summed E-state index contributed by atoms with van der Waals surface area (Å²) in [6.45, 7) is 4.01. The Morgan fingerprint density at radius 3 is 2.93 bits per heavy atom. The third kappa shape index (κ3) is 2.51. The molecule has 1 aliphatic heterocycles. The normalized spacial score (nSPS) is 20.7. The Hall–Kier alpha value is -0.580. The van der Waals surface area contributed by atoms with Crippen LogP contribution in [0.15, 0.2) is 24.3 Å². The van der Waals surface area contributed by atoms with Crippen LogP contribution in [0.25, 0.3) is 0 Å². The Morgan fingerprint density at radius 2 is 2.33 bits per heavy atom. The summed E-state index contributed by atoms with van der Waals surface area (Å²) in [6, 6.07) is 7.79. The van der Waals surface area contributed by atoms with E-state index in [1.165, 1.54) is 0 Å². The topological polar surface area (TPSA) is 20.3 Å². The molecule has 1 heterocycles. The van der Waals surface area contributed by atoms with Crippen LogP contribution < -0.4 is 0 Å². The van der Waals surface area contributed by atoms with E-state index >= 15 is 0 Å². The Morgan fingerprint density at radius 1 is 1.53 bits per heavy atom. The average molecular weight is 315 g/mol. The van der Waals surface area contributed by atoms with Crippen molar-refractivity contribution in [1.82, 2.24) is 4.90 Å². The molecule has 2 rings (SSSR count). The van der Waals surface area contributed by atoms with Gasteiger partial charge < -0.3 is 4.90 Å². The fourth-order valence-corrected chi connectivity index (χ4v) is 2.47. The third-order valence-electron chi connectivity index (χ3n) is 2.78. The quantitative estimate of drug-likeness (QED) is 0.730. The molecular formula is C12H14INO. The van der Waals surface area contributed by atoms with Gasteiger partial charge in [0.1, 0.15) is 0 Å². The molecule has 1 unspecified atom stereocenters. The summed E-state index contributed by atoms with van der Waals surface area (Å²) in [7, 11) is 0. The number of carbonyl (C=O) groups excluding carboxylic acids is 1. The predicted molar refractivity (Wildman–Crippen MR) is 68.8 cm³/mol. The summed E-state index contributed by atoms with van der Waals surface area (Å²) >= 11 is 2.24. The Labute approximate surface area is 104 Å². The summed E-state index contributed by atoms with van der Waals surface area (Å²) in [5.74, 6) is 0.828. The minimum atomic E-state index is 0.179. The van der Waals surface area contributed by atoms with E-state index in [-0.39, 0.29) is 5.91 Å². The molecule has 0 N–H and O–H groups in total. The molecule has 0 aliphatic carbocycles. The molecule has 80 valence electrons. The fraction of sp³-hybridized carbons (Fsp3) is 0.417. The van der Waals surface area contributed by atoms with Crippen molar-refractivity contribution in [3.8, 4) is 0 Å². The molecule has 1 aliphatic rings. The number of nitrogens with zero attached hydrogens (tertiary/aromatic N) is 1. The zero-order valence-electron chi connectivity index (χ0n) is 8.74. The standard InChI is InChI=1S/C12H14INO/c1-9-5-6-14(8-9)12(15)10-3-2-4-11(13)7-10/h2-4,7,9H,5-6,8H2,1H3. The second kappa shape index (κ2) is 4.51. The van der Waals surface area contributed by atoms with E-state index < -0.39 is 0 Å². The van der Waals surface area contributed by atoms with E-state index in [1.54, 1.807) is 0 Å². The number of likely N-dealkylation sites (tertiary alicyclic amines) is 1. The highest BCUT2D eigenvalue weighted by molar-refractivity contribution is 14.1. The van der Waals surface area contributed by atoms with Crippen LogP contribution in [0.4, 0.5) is 0 Å². The third-order valence-corrected chi connectivity index (χ3v) is 3.45. The summed E-state index contributed by atoms with van der Waals surface area (Å²) in [6.07, 6.45) is 1.13. The van der Waals surface area contributed by atoms with E-state index in [4.69, 9.17) is 0 Å². The lowest BCUT2D eigenvalue weighted by atomic mass is 10.2. The Bertz CT molecular complexity index is 378. The number of hydrogen-bond donors (Lipinski definition) is 0. The molecule has 1 atom stereocenters. The summed E-state index contributed by atoms with van der Waals surface area (Å²) in [4.78, 5) is 14.0. The van der Waals surface area contributed by atoms with Gasteiger partial charge in [0, 0.05) is 22.2 Å². The largest absolute Gasteiger partial charge is 0.338 e. The lowest BCUT2D eigenvalue weighted by Gasteiger charge is -2.15. The molecule has 0 radical (unpaired) electrons. The van der Waals surface area contributed by atoms with Gasteiger partial charge in [-0.2, -0.15) is 0 Å². The molecule has 0 bridgehead atoms. The van der Waals surface area contributed by atoms with Crippen LogP contribution in [0.1, 0.15) is 23.7 Å². The molecule has 1 amide bonds. The first-order valence-corrected chi connectivity index (χ1v) is 6.29. The van der Waals surface area contributed by atoms with Gasteiger partial charge in [0.15, 0.2) is 0 Å². The van der Waals surface area contributed by atoms with Crippen LogP contribution in [0, 0.1) is 9.49 Å². The Balaban J connectivity index is 2.14. The van der Waals surface area contributed by atoms with Crippen molar-refractivity contribution in [2.75, 3.05) is 13.1 Å². The average Bonchev–Trinajstić information content (AvgIpc) is 2.64. The maximum Gasteiger partial charge on any atom is 0.253 e. The molecule has 1 aromatic carbocycles. The van der Waals surface area contributed by atoms with Gasteiger partial charge in [0.25, 0.3) is 5.91 Å². The van der Waals surface area contributed by atoms with Gasteiger partial charge in [0.05, 0.1) is 0 Å². The second-order valence-electron chi connectivity index (χ2n) is 4.16. The molecule has 3 heteroatoms. The monoisotopic (exact) mass is 315 g/mol. The van der Waals surface area contributed by atoms with Crippen molar-refractivity contribution in [3.63, 3.8) is 0 Å². The lowest BCUT2D eigenvalue weighted by Crippen LogP contribution is -2.28. The van der Waals surface area contributed by atoms with Crippen molar-refractivity contribution in [1.29, 1.82) is 0 Å². The van der Waals surface area contributed by atoms with E-state index in [9.17, 15) is 4.79 Å². The van der Waals surface area contributed by atoms with E-state index in [0.29, 0.717) is 5.92 Å². The van der Waals surface area contributed by atoms with Gasteiger partial charge in [-0.3, -0.25) is 4.79 Å². The van der Waals surface area contributed by atoms with Crippen molar-refractivity contribution >= 4 is 28.5 Å². The van der Waals surface area contributed by atoms with Crippen LogP contribution in [0.2, 0.25) is 0 Å². The highest BCUT2D eigenvalue weighted by Crippen LogP contribution is 2.18. The maximum atomic E-state index is 12.1. The second-order valence-corrected chi connectivity index (χ2v) is 5.40. The number of hydrogen-bond acceptors (Lipinski definition) is 1. The summed E-state index contributed by atoms with van der Waals surface area (Å²) in [5, 5.41) is 0. The number of benzene rings is 1. The zero-order chi connectivity index (χ0) is 10.8. The van der Waals surface area contributed by atoms with Gasteiger partial charge in [-0.15, -0.1) is 0 Å². The van der Waals surface area contributed by atoms with Gasteiger partial charge in [0.2, 0.25) is 0 Å². The fourth-order valence-electron chi connectivity index (χ4n) is 1.92. The van der Waals surface area contributed by atoms with Crippen LogP contribution in [-0.2, 0) is 0 Å². The van der Waals surface area contributed by atoms with Gasteiger partial charge >= 0.3 is 0 Å². The molecule has 0 aromatic heterocycles. The first-order chi connectivity index (χ1) is 7.16. The van der Waals surface area contributed by atoms with Crippen molar-refractivity contribution in [2.45, 2.75) is 13.3 Å². The van der Waals surface area contributed by atoms with Gasteiger partial charge in [-0.05, 0) is 53.1 Å². The first kappa shape index (κ1) is 10.9. The smallest absolute Gasteiger partial charge is 0.253 e. The predicted octanol–water partition coefficient (Wildman–Crippen LogP) is 2.77. The molecule has 15 heavy (non-hydrogen) atoms. The summed E-state index contributed by atoms with van der Waals surface area (Å²) in [5.41, 5.74) is 0.816. The van der Waals surface area contributed by atoms with Gasteiger partial charge in [-0.1, -0.05) is 13.0 Å². The molecule has 1 fully saturated rings. The minimum absolute atomic E-state index is 0.179. The van der Waals surface area contributed by atoms with Crippen LogP contribution in [-0.4, -0.2) is 23.9 Å². The number of amides is 1. The van der Waals surface area contributed by atoms with Crippen LogP contribution >= 0.6 is 22.6 Å². The lowest BCUT2D eigenvalue weighted by molar-refractivity contribution is 0.0788. The SMILES string of the molecule is CC1CCN(C(=O)c2cccc(I)c2)C1. The number of carbonyl (C=O) groups is 1. The van der Waals surface area contributed by atoms with E-state index in [1.807, 2.05) is 29.2 Å². The molecule has 2 nitrogen and oxygen atoms in total. The highest BCUT2D eigenvalue weighted by atomic mass is 127. The van der Waals surface area contributed by atoms with Crippen molar-refractivity contribution in [2.24, 2.45) is 5.92 Å². The van der Waals surface area contributed by atoms with E-state index in [2.05, 4.69) is 29.5 Å². The van der Waals surface area contributed by atoms with Crippen molar-refractivity contribution in [3.05, 3.63) is 33.4 Å². The maximum absolute atomic E-state index is 12.1. The zero-order valence-corrected chi connectivity index (χ0v) is 10.9. The van der Waals surface area contributed by atoms with E-state index in [0.717, 1.165) is 28.6 Å². The van der Waals surface area contributed by atoms with Crippen LogP contribution in [0.5, 0.6) is 0 Å². The van der Waals surface area contributed by atoms with Gasteiger partial charge in [-0.25, -0.2) is 0 Å². The minimum Gasteiger partial charge on any atom is -0.338 e. The molecule has 1 saturated heterocycles. The molecule has 1 aromatic rings. The first-order valence-electron chi connectivity index (χ1n) is 5.21. The summed E-state index contributed by atoms with van der Waals surface area (Å²) < 4.78 is 1.12. The number of rotatable bonds is 1. The Kier molecular flexibility index (Phi) is 3.29. The highest BCUT2D eigenvalue weighted by Gasteiger charge is 2.23. The molecule has 0 saturated carbocycles. The van der Waals surface area contributed by atoms with Crippen molar-refractivity contribution < 1.29 is 4.79 Å². The molecular weight excluding hydrogens is 301 g/mol. The van der Waals surface area contributed by atoms with Crippen LogP contribution in [0.3, 0.4) is 0 Å².